The number of benzene rings is 2. The Balaban J connectivity index is 1.36. The van der Waals surface area contributed by atoms with Crippen molar-refractivity contribution < 1.29 is 9.53 Å². The van der Waals surface area contributed by atoms with Crippen molar-refractivity contribution in [2.45, 2.75) is 31.8 Å². The van der Waals surface area contributed by atoms with Gasteiger partial charge in [-0.1, -0.05) is 0 Å². The van der Waals surface area contributed by atoms with E-state index >= 15 is 0 Å². The number of methoxy groups -OCH3 is 1. The van der Waals surface area contributed by atoms with Crippen LogP contribution in [0, 0.1) is 0 Å². The maximum atomic E-state index is 11.4. The Bertz CT molecular complexity index is 1160. The summed E-state index contributed by atoms with van der Waals surface area (Å²) in [7, 11) is 3.83. The highest BCUT2D eigenvalue weighted by atomic mass is 16.5. The zero-order valence-corrected chi connectivity index (χ0v) is 18.4. The number of hydrogen-bond acceptors (Lipinski definition) is 7. The van der Waals surface area contributed by atoms with Gasteiger partial charge in [-0.3, -0.25) is 4.79 Å². The smallest absolute Gasteiger partial charge is 0.227 e. The van der Waals surface area contributed by atoms with Gasteiger partial charge in [0, 0.05) is 49.4 Å². The van der Waals surface area contributed by atoms with Crippen LogP contribution in [-0.4, -0.2) is 54.1 Å². The largest absolute Gasteiger partial charge is 0.495 e. The molecule has 3 N–H and O–H groups in total. The number of aromatic nitrogens is 2. The van der Waals surface area contributed by atoms with E-state index in [9.17, 15) is 4.79 Å². The number of likely N-dealkylation sites (N-methyl/N-ethyl adjacent to an activating group) is 1. The van der Waals surface area contributed by atoms with Crippen LogP contribution in [0.15, 0.2) is 36.5 Å². The summed E-state index contributed by atoms with van der Waals surface area (Å²) in [6.07, 6.45) is 4.32. The number of carbonyl (C=O) groups excluding carboxylic acids is 1. The average Bonchev–Trinajstić information content (AvgIpc) is 3.22. The van der Waals surface area contributed by atoms with E-state index in [0.717, 1.165) is 54.0 Å². The van der Waals surface area contributed by atoms with Gasteiger partial charge >= 0.3 is 0 Å². The molecule has 0 bridgehead atoms. The molecule has 166 valence electrons. The molecule has 0 radical (unpaired) electrons. The third-order valence-electron chi connectivity index (χ3n) is 6.19. The molecule has 3 heterocycles. The molecule has 2 aliphatic heterocycles. The van der Waals surface area contributed by atoms with Gasteiger partial charge in [0.2, 0.25) is 11.9 Å². The van der Waals surface area contributed by atoms with Gasteiger partial charge in [-0.05, 0) is 61.3 Å². The summed E-state index contributed by atoms with van der Waals surface area (Å²) >= 11 is 0. The highest BCUT2D eigenvalue weighted by Gasteiger charge is 2.20. The molecule has 2 aromatic carbocycles. The van der Waals surface area contributed by atoms with Crippen molar-refractivity contribution >= 4 is 34.1 Å². The molecule has 2 aliphatic rings. The second kappa shape index (κ2) is 8.63. The third-order valence-corrected chi connectivity index (χ3v) is 6.19. The van der Waals surface area contributed by atoms with Gasteiger partial charge in [-0.25, -0.2) is 9.97 Å². The van der Waals surface area contributed by atoms with Crippen molar-refractivity contribution in [3.8, 4) is 5.75 Å². The lowest BCUT2D eigenvalue weighted by Gasteiger charge is -2.26. The van der Waals surface area contributed by atoms with Crippen LogP contribution >= 0.6 is 0 Å². The van der Waals surface area contributed by atoms with E-state index in [1.807, 2.05) is 24.4 Å². The van der Waals surface area contributed by atoms with Crippen molar-refractivity contribution in [3.63, 3.8) is 0 Å². The molecular formula is C24H28N6O2. The predicted octanol–water partition coefficient (Wildman–Crippen LogP) is 3.06. The van der Waals surface area contributed by atoms with Crippen LogP contribution in [0.1, 0.15) is 24.0 Å². The van der Waals surface area contributed by atoms with Crippen LogP contribution < -0.4 is 20.7 Å². The zero-order valence-electron chi connectivity index (χ0n) is 18.4. The van der Waals surface area contributed by atoms with Crippen molar-refractivity contribution in [1.82, 2.24) is 20.2 Å². The molecule has 32 heavy (non-hydrogen) atoms. The quantitative estimate of drug-likeness (QED) is 0.551. The van der Waals surface area contributed by atoms with Gasteiger partial charge in [0.15, 0.2) is 0 Å². The van der Waals surface area contributed by atoms with Gasteiger partial charge in [0.05, 0.1) is 18.3 Å². The summed E-state index contributed by atoms with van der Waals surface area (Å²) < 4.78 is 5.63. The monoisotopic (exact) mass is 432 g/mol. The number of anilines is 3. The molecule has 8 nitrogen and oxygen atoms in total. The Labute approximate surface area is 187 Å². The lowest BCUT2D eigenvalue weighted by atomic mass is 9.99. The van der Waals surface area contributed by atoms with Crippen LogP contribution in [-0.2, 0) is 17.8 Å². The number of carbonyl (C=O) groups is 1. The van der Waals surface area contributed by atoms with Crippen LogP contribution in [0.5, 0.6) is 5.75 Å². The second-order valence-corrected chi connectivity index (χ2v) is 8.59. The minimum absolute atomic E-state index is 0.128. The van der Waals surface area contributed by atoms with Crippen molar-refractivity contribution in [3.05, 3.63) is 47.7 Å². The van der Waals surface area contributed by atoms with E-state index in [4.69, 9.17) is 9.72 Å². The van der Waals surface area contributed by atoms with Crippen LogP contribution in [0.2, 0.25) is 0 Å². The molecule has 1 aromatic heterocycles. The standard InChI is InChI=1S/C24H28N6O2/c1-30-8-7-15-10-22(32-2)21(9-17(15)14-30)29-24-26-12-16-3-4-18(11-20(16)28-24)25-13-19-5-6-23(31)27-19/h3-4,9-12,19,25H,5-8,13-14H2,1-2H3,(H,27,31)(H,26,28,29). The van der Waals surface area contributed by atoms with Crippen LogP contribution in [0.25, 0.3) is 10.9 Å². The van der Waals surface area contributed by atoms with E-state index in [2.05, 4.69) is 45.0 Å². The summed E-state index contributed by atoms with van der Waals surface area (Å²) in [5.41, 5.74) is 5.32. The van der Waals surface area contributed by atoms with Crippen LogP contribution in [0.3, 0.4) is 0 Å². The molecule has 0 aliphatic carbocycles. The van der Waals surface area contributed by atoms with Crippen molar-refractivity contribution in [1.29, 1.82) is 0 Å². The Hall–Kier alpha value is -3.39. The minimum Gasteiger partial charge on any atom is -0.495 e. The summed E-state index contributed by atoms with van der Waals surface area (Å²) in [5.74, 6) is 1.45. The summed E-state index contributed by atoms with van der Waals surface area (Å²) in [5, 5.41) is 10.7. The molecule has 1 saturated heterocycles. The first-order chi connectivity index (χ1) is 15.6. The minimum atomic E-state index is 0.128. The summed E-state index contributed by atoms with van der Waals surface area (Å²) in [4.78, 5) is 22.9. The number of ether oxygens (including phenoxy) is 1. The maximum Gasteiger partial charge on any atom is 0.227 e. The molecule has 8 heteroatoms. The molecular weight excluding hydrogens is 404 g/mol. The van der Waals surface area contributed by atoms with E-state index in [0.29, 0.717) is 18.9 Å². The van der Waals surface area contributed by atoms with E-state index in [1.165, 1.54) is 11.1 Å². The molecule has 5 rings (SSSR count). The average molecular weight is 433 g/mol. The highest BCUT2D eigenvalue weighted by Crippen LogP contribution is 2.33. The SMILES string of the molecule is COc1cc2c(cc1Nc1ncc3ccc(NCC4CCC(=O)N4)cc3n1)CN(C)CC2. The van der Waals surface area contributed by atoms with Gasteiger partial charge in [-0.15, -0.1) is 0 Å². The fourth-order valence-corrected chi connectivity index (χ4v) is 4.38. The molecule has 0 saturated carbocycles. The zero-order chi connectivity index (χ0) is 22.1. The first-order valence-electron chi connectivity index (χ1n) is 11.0. The topological polar surface area (TPSA) is 91.4 Å². The van der Waals surface area contributed by atoms with Crippen molar-refractivity contribution in [2.24, 2.45) is 0 Å². The molecule has 1 fully saturated rings. The number of nitrogens with zero attached hydrogens (tertiary/aromatic N) is 3. The Kier molecular flexibility index (Phi) is 5.53. The lowest BCUT2D eigenvalue weighted by molar-refractivity contribution is -0.119. The molecule has 0 spiro atoms. The Morgan fingerprint density at radius 1 is 1.22 bits per heavy atom. The van der Waals surface area contributed by atoms with Crippen molar-refractivity contribution in [2.75, 3.05) is 37.9 Å². The predicted molar refractivity (Wildman–Crippen MR) is 126 cm³/mol. The number of rotatable bonds is 6. The van der Waals surface area contributed by atoms with E-state index < -0.39 is 0 Å². The van der Waals surface area contributed by atoms with Gasteiger partial charge in [0.1, 0.15) is 5.75 Å². The number of fused-ring (bicyclic) bond motifs is 2. The van der Waals surface area contributed by atoms with E-state index in [-0.39, 0.29) is 11.9 Å². The fraction of sp³-hybridized carbons (Fsp3) is 0.375. The Morgan fingerprint density at radius 2 is 2.12 bits per heavy atom. The molecule has 1 amide bonds. The summed E-state index contributed by atoms with van der Waals surface area (Å²) in [6, 6.07) is 10.5. The Morgan fingerprint density at radius 3 is 2.94 bits per heavy atom. The first-order valence-corrected chi connectivity index (χ1v) is 11.0. The third kappa shape index (κ3) is 4.31. The number of hydrogen-bond donors (Lipinski definition) is 3. The van der Waals surface area contributed by atoms with Gasteiger partial charge in [-0.2, -0.15) is 0 Å². The van der Waals surface area contributed by atoms with E-state index in [1.54, 1.807) is 7.11 Å². The molecule has 3 aromatic rings. The number of amides is 1. The number of nitrogens with one attached hydrogen (secondary N) is 3. The fourth-order valence-electron chi connectivity index (χ4n) is 4.38. The van der Waals surface area contributed by atoms with Gasteiger partial charge in [0.25, 0.3) is 0 Å². The summed E-state index contributed by atoms with van der Waals surface area (Å²) in [6.45, 7) is 2.68. The molecule has 1 atom stereocenters. The normalized spacial score (nSPS) is 18.3. The highest BCUT2D eigenvalue weighted by molar-refractivity contribution is 5.83. The molecule has 1 unspecified atom stereocenters. The van der Waals surface area contributed by atoms with Gasteiger partial charge < -0.3 is 25.6 Å². The lowest BCUT2D eigenvalue weighted by Crippen LogP contribution is -2.31. The van der Waals surface area contributed by atoms with Crippen LogP contribution in [0.4, 0.5) is 17.3 Å². The second-order valence-electron chi connectivity index (χ2n) is 8.59. The first kappa shape index (κ1) is 20.5. The maximum absolute atomic E-state index is 11.4.